The van der Waals surface area contributed by atoms with E-state index in [9.17, 15) is 9.59 Å². The molecule has 2 aliphatic heterocycles. The molecule has 0 radical (unpaired) electrons. The van der Waals surface area contributed by atoms with Gasteiger partial charge in [0.2, 0.25) is 0 Å². The first kappa shape index (κ1) is 44.1. The predicted molar refractivity (Wildman–Crippen MR) is 205 cm³/mol. The molecule has 2 bridgehead atoms. The van der Waals surface area contributed by atoms with Crippen LogP contribution in [0, 0.1) is 39.5 Å². The number of aldehydes is 1. The number of hydrogen-bond acceptors (Lipinski definition) is 6. The van der Waals surface area contributed by atoms with Crippen molar-refractivity contribution in [1.82, 2.24) is 15.2 Å². The summed E-state index contributed by atoms with van der Waals surface area (Å²) in [6, 6.07) is 17.6. The zero-order chi connectivity index (χ0) is 37.4. The number of terminal acetylenes is 2. The fourth-order valence-electron chi connectivity index (χ4n) is 5.92. The molecule has 0 unspecified atom stereocenters. The van der Waals surface area contributed by atoms with Crippen molar-refractivity contribution in [3.63, 3.8) is 0 Å². The van der Waals surface area contributed by atoms with Gasteiger partial charge in [0.05, 0.1) is 0 Å². The first-order chi connectivity index (χ1) is 23.7. The zero-order valence-electron chi connectivity index (χ0n) is 30.4. The second-order valence-corrected chi connectivity index (χ2v) is 11.0. The molecule has 264 valence electrons. The Hall–Kier alpha value is -4.86. The van der Waals surface area contributed by atoms with Gasteiger partial charge in [-0.2, -0.15) is 0 Å². The lowest BCUT2D eigenvalue weighted by Crippen LogP contribution is -2.50. The molecule has 0 saturated carbocycles. The minimum atomic E-state index is -0.424. The van der Waals surface area contributed by atoms with Crippen molar-refractivity contribution in [3.05, 3.63) is 100 Å². The maximum atomic E-state index is 11.5. The summed E-state index contributed by atoms with van der Waals surface area (Å²) in [5.74, 6) is -0.0411. The average molecular weight is 669 g/mol. The highest BCUT2D eigenvalue weighted by atomic mass is 16.5. The van der Waals surface area contributed by atoms with Crippen LogP contribution in [0.4, 0.5) is 5.69 Å². The van der Waals surface area contributed by atoms with Crippen molar-refractivity contribution >= 4 is 29.5 Å². The number of aliphatic hydroxyl groups is 1. The van der Waals surface area contributed by atoms with Gasteiger partial charge in [0.1, 0.15) is 18.2 Å². The van der Waals surface area contributed by atoms with Crippen molar-refractivity contribution in [2.75, 3.05) is 33.1 Å². The van der Waals surface area contributed by atoms with Crippen molar-refractivity contribution in [2.45, 2.75) is 71.8 Å². The normalized spacial score (nSPS) is 17.7. The Morgan fingerprint density at radius 3 is 2.24 bits per heavy atom. The van der Waals surface area contributed by atoms with E-state index in [2.05, 4.69) is 104 Å². The Morgan fingerprint density at radius 1 is 1.08 bits per heavy atom. The molecule has 1 fully saturated rings. The van der Waals surface area contributed by atoms with Gasteiger partial charge in [-0.25, -0.2) is 0 Å². The monoisotopic (exact) mass is 668 g/mol. The standard InChI is InChI=1S/C25H33N3O2.C8H9NO.C3H6.2C2H2.CH4O/c1-17-18(2)28-22(24(17)20(13-15-29)16-26-4)12-11-19-8-5-6-9-21(19)27-23-10-7-14-25(28,3)30-23;1-9-8(10)7-5-3-2-4-6-7;1-3-2;3*1-2/h5-6,8-9,12,15,23,26-27H,7,10-11,13-14,16H2,1-4H3;2-6H,1H3,(H,9,10);3H,1H2,2H3;2*1-2H;2H,1H3/b22-12+,24-20+;;;;;/t23-,25+;;;;;/m1...../s1. The number of allylic oxidation sites excluding steroid dienone is 1. The molecule has 3 aromatic rings. The third kappa shape index (κ3) is 12.3. The lowest BCUT2D eigenvalue weighted by Gasteiger charge is -2.42. The van der Waals surface area contributed by atoms with E-state index in [1.54, 1.807) is 25.3 Å². The number of carbonyl (C=O) groups is 2. The number of aromatic nitrogens is 1. The van der Waals surface area contributed by atoms with Crippen LogP contribution < -0.4 is 26.5 Å². The zero-order valence-corrected chi connectivity index (χ0v) is 30.4. The molecule has 5 rings (SSSR count). The third-order valence-electron chi connectivity index (χ3n) is 7.91. The van der Waals surface area contributed by atoms with Crippen LogP contribution in [0.5, 0.6) is 0 Å². The number of fused-ring (bicyclic) bond motifs is 5. The van der Waals surface area contributed by atoms with Gasteiger partial charge in [0.25, 0.3) is 5.91 Å². The Kier molecular flexibility index (Phi) is 21.9. The molecule has 1 saturated heterocycles. The van der Waals surface area contributed by atoms with Crippen molar-refractivity contribution in [1.29, 1.82) is 0 Å². The molecule has 0 aliphatic carbocycles. The van der Waals surface area contributed by atoms with Gasteiger partial charge in [-0.1, -0.05) is 48.6 Å². The number of para-hydroxylation sites is 1. The minimum absolute atomic E-state index is 0.0165. The molecule has 8 heteroatoms. The molecule has 8 nitrogen and oxygen atoms in total. The summed E-state index contributed by atoms with van der Waals surface area (Å²) in [6.45, 7) is 12.5. The molecular formula is C41H56N4O4. The van der Waals surface area contributed by atoms with Gasteiger partial charge in [0, 0.05) is 54.6 Å². The van der Waals surface area contributed by atoms with Crippen LogP contribution in [0.1, 0.15) is 66.7 Å². The summed E-state index contributed by atoms with van der Waals surface area (Å²) in [7, 11) is 4.55. The third-order valence-corrected chi connectivity index (χ3v) is 7.91. The van der Waals surface area contributed by atoms with Gasteiger partial charge in [-0.3, -0.25) is 4.79 Å². The highest BCUT2D eigenvalue weighted by Crippen LogP contribution is 2.34. The van der Waals surface area contributed by atoms with E-state index in [1.165, 1.54) is 27.4 Å². The quantitative estimate of drug-likeness (QED) is 0.172. The number of anilines is 1. The van der Waals surface area contributed by atoms with E-state index < -0.39 is 5.72 Å². The van der Waals surface area contributed by atoms with Gasteiger partial charge in [0.15, 0.2) is 0 Å². The fraction of sp³-hybridized carbons (Fsp3) is 0.366. The number of nitrogens with one attached hydrogen (secondary N) is 3. The van der Waals surface area contributed by atoms with Gasteiger partial charge >= 0.3 is 0 Å². The molecule has 2 aromatic carbocycles. The van der Waals surface area contributed by atoms with Gasteiger partial charge in [-0.05, 0) is 95.3 Å². The molecule has 1 amide bonds. The first-order valence-electron chi connectivity index (χ1n) is 16.2. The number of nitrogens with zero attached hydrogens (tertiary/aromatic N) is 1. The number of aliphatic hydroxyl groups excluding tert-OH is 1. The van der Waals surface area contributed by atoms with E-state index in [-0.39, 0.29) is 12.1 Å². The predicted octanol–water partition coefficient (Wildman–Crippen LogP) is 5.06. The highest BCUT2D eigenvalue weighted by molar-refractivity contribution is 5.93. The first-order valence-corrected chi connectivity index (χ1v) is 16.2. The van der Waals surface area contributed by atoms with Crippen LogP contribution in [0.2, 0.25) is 0 Å². The van der Waals surface area contributed by atoms with Crippen LogP contribution in [0.25, 0.3) is 11.6 Å². The number of benzene rings is 2. The molecule has 4 N–H and O–H groups in total. The summed E-state index contributed by atoms with van der Waals surface area (Å²) in [4.78, 5) is 22.4. The number of hydrogen-bond donors (Lipinski definition) is 4. The maximum absolute atomic E-state index is 11.5. The van der Waals surface area contributed by atoms with E-state index in [0.717, 1.165) is 50.3 Å². The number of rotatable bonds is 5. The van der Waals surface area contributed by atoms with E-state index in [0.29, 0.717) is 18.5 Å². The summed E-state index contributed by atoms with van der Waals surface area (Å²) >= 11 is 0. The smallest absolute Gasteiger partial charge is 0.251 e. The number of amides is 1. The van der Waals surface area contributed by atoms with Crippen LogP contribution in [-0.4, -0.2) is 55.8 Å². The van der Waals surface area contributed by atoms with Crippen molar-refractivity contribution in [3.8, 4) is 25.7 Å². The lowest BCUT2D eigenvalue weighted by molar-refractivity contribution is -0.160. The second-order valence-electron chi connectivity index (χ2n) is 11.0. The molecule has 1 aromatic heterocycles. The minimum Gasteiger partial charge on any atom is -0.400 e. The Labute approximate surface area is 294 Å². The molecule has 3 heterocycles. The fourth-order valence-corrected chi connectivity index (χ4v) is 5.92. The average Bonchev–Trinajstić information content (AvgIpc) is 3.40. The van der Waals surface area contributed by atoms with Crippen molar-refractivity contribution < 1.29 is 19.4 Å². The van der Waals surface area contributed by atoms with Gasteiger partial charge < -0.3 is 35.2 Å². The summed E-state index contributed by atoms with van der Waals surface area (Å²) in [5.41, 5.74) is 6.27. The highest BCUT2D eigenvalue weighted by Gasteiger charge is 2.37. The summed E-state index contributed by atoms with van der Waals surface area (Å²) in [5, 5.41) is 18.8. The van der Waals surface area contributed by atoms with E-state index >= 15 is 0 Å². The largest absolute Gasteiger partial charge is 0.400 e. The molecule has 0 spiro atoms. The molecule has 2 atom stereocenters. The van der Waals surface area contributed by atoms with Crippen molar-refractivity contribution in [2.24, 2.45) is 0 Å². The molecule has 2 aliphatic rings. The topological polar surface area (TPSA) is 105 Å². The summed E-state index contributed by atoms with van der Waals surface area (Å²) in [6.07, 6.45) is 25.4. The number of ether oxygens (including phenoxy) is 1. The van der Waals surface area contributed by atoms with E-state index in [4.69, 9.17) is 9.84 Å². The van der Waals surface area contributed by atoms with Crippen LogP contribution in [0.15, 0.2) is 67.3 Å². The van der Waals surface area contributed by atoms with Gasteiger partial charge in [-0.15, -0.1) is 32.3 Å². The second kappa shape index (κ2) is 24.3. The Balaban J connectivity index is 0.00000101. The number of carbonyl (C=O) groups excluding carboxylic acids is 2. The molecule has 49 heavy (non-hydrogen) atoms. The summed E-state index contributed by atoms with van der Waals surface area (Å²) < 4.78 is 9.11. The van der Waals surface area contributed by atoms with Crippen LogP contribution in [-0.2, 0) is 21.7 Å². The van der Waals surface area contributed by atoms with Crippen LogP contribution in [0.3, 0.4) is 0 Å². The Morgan fingerprint density at radius 2 is 1.67 bits per heavy atom. The van der Waals surface area contributed by atoms with Crippen LogP contribution >= 0.6 is 0 Å². The molecular weight excluding hydrogens is 612 g/mol. The maximum Gasteiger partial charge on any atom is 0.251 e. The SMILES string of the molecule is C#C.C#C.C=CC.CNC(=O)c1ccccc1.CNC/C(CC=O)=c1\c(C)c(C)n2\c1=C\Cc1ccccc1N[C@H]1CCC[C@]2(C)O1.CO. The lowest BCUT2D eigenvalue weighted by atomic mass is 10.0. The van der Waals surface area contributed by atoms with E-state index in [1.807, 2.05) is 32.2 Å². The Bertz CT molecular complexity index is 1600.